The zero-order chi connectivity index (χ0) is 27.7. The summed E-state index contributed by atoms with van der Waals surface area (Å²) in [4.78, 5) is 25.8. The smallest absolute Gasteiger partial charge is 0.281 e. The van der Waals surface area contributed by atoms with Crippen molar-refractivity contribution in [2.45, 2.75) is 37.8 Å². The number of nitrogens with one attached hydrogen (secondary N) is 1. The summed E-state index contributed by atoms with van der Waals surface area (Å²) in [5, 5.41) is -0.294. The number of sulfonamides is 1. The van der Waals surface area contributed by atoms with E-state index in [1.54, 1.807) is 74.8 Å². The van der Waals surface area contributed by atoms with Crippen LogP contribution in [-0.2, 0) is 10.0 Å². The maximum atomic E-state index is 13.3. The monoisotopic (exact) mass is 539 g/mol. The number of pyridine rings is 2. The predicted molar refractivity (Wildman–Crippen MR) is 146 cm³/mol. The molecule has 38 heavy (non-hydrogen) atoms. The van der Waals surface area contributed by atoms with Crippen molar-refractivity contribution in [3.63, 3.8) is 0 Å². The van der Waals surface area contributed by atoms with Gasteiger partial charge in [-0.05, 0) is 62.6 Å². The number of aromatic nitrogens is 2. The Bertz CT molecular complexity index is 1440. The van der Waals surface area contributed by atoms with E-state index in [2.05, 4.69) is 40.4 Å². The summed E-state index contributed by atoms with van der Waals surface area (Å²) in [5.41, 5.74) is 0.581. The molecule has 0 saturated carbocycles. The van der Waals surface area contributed by atoms with Crippen LogP contribution in [0.5, 0.6) is 11.5 Å². The second-order valence-corrected chi connectivity index (χ2v) is 11.4. The molecule has 1 aliphatic heterocycles. The van der Waals surface area contributed by atoms with Crippen LogP contribution in [0.2, 0.25) is 0 Å². The van der Waals surface area contributed by atoms with Crippen molar-refractivity contribution in [3.05, 3.63) is 60.3 Å². The minimum Gasteiger partial charge on any atom is -0.497 e. The lowest BCUT2D eigenvalue weighted by atomic mass is 9.90. The highest BCUT2D eigenvalue weighted by Crippen LogP contribution is 2.38. The Morgan fingerprint density at radius 1 is 1.13 bits per heavy atom. The lowest BCUT2D eigenvalue weighted by molar-refractivity contribution is 0.0981. The van der Waals surface area contributed by atoms with Crippen LogP contribution in [-0.4, -0.2) is 57.6 Å². The number of benzene rings is 1. The first-order valence-corrected chi connectivity index (χ1v) is 13.7. The predicted octanol–water partition coefficient (Wildman–Crippen LogP) is 4.01. The summed E-state index contributed by atoms with van der Waals surface area (Å²) in [5.74, 6) is 1.57. The lowest BCUT2D eigenvalue weighted by Crippen LogP contribution is -2.43. The number of hydrogen-bond donors (Lipinski definition) is 1. The number of carbonyl (C=O) groups is 1. The minimum atomic E-state index is -4.29. The van der Waals surface area contributed by atoms with Gasteiger partial charge in [0.2, 0.25) is 0 Å². The van der Waals surface area contributed by atoms with Gasteiger partial charge in [-0.15, -0.1) is 0 Å². The van der Waals surface area contributed by atoms with E-state index in [0.29, 0.717) is 34.7 Å². The highest BCUT2D eigenvalue weighted by atomic mass is 32.2. The van der Waals surface area contributed by atoms with Crippen molar-refractivity contribution in [2.24, 2.45) is 5.92 Å². The molecule has 0 radical (unpaired) electrons. The van der Waals surface area contributed by atoms with Gasteiger partial charge in [0.1, 0.15) is 23.1 Å². The summed E-state index contributed by atoms with van der Waals surface area (Å²) >= 11 is 0. The number of anilines is 3. The first-order valence-electron chi connectivity index (χ1n) is 12.2. The molecular formula is C27H33N5O5S. The van der Waals surface area contributed by atoms with Gasteiger partial charge in [-0.2, -0.15) is 8.42 Å². The normalized spacial score (nSPS) is 16.7. The van der Waals surface area contributed by atoms with E-state index in [1.807, 2.05) is 0 Å². The molecule has 3 aromatic rings. The van der Waals surface area contributed by atoms with E-state index < -0.39 is 15.9 Å². The van der Waals surface area contributed by atoms with Gasteiger partial charge in [0.05, 0.1) is 25.5 Å². The van der Waals surface area contributed by atoms with Gasteiger partial charge in [-0.3, -0.25) is 4.79 Å². The van der Waals surface area contributed by atoms with Gasteiger partial charge in [0, 0.05) is 31.4 Å². The van der Waals surface area contributed by atoms with Crippen LogP contribution in [0, 0.1) is 5.92 Å². The SMILES string of the molecule is COc1ccc(OC)c(N(C)c2cccc(S(=O)(=O)NC(=O)c3cccnc3N3CCC(C)C3(C)C)n2)c1. The molecular weight excluding hydrogens is 506 g/mol. The Morgan fingerprint density at radius 2 is 1.89 bits per heavy atom. The van der Waals surface area contributed by atoms with Crippen molar-refractivity contribution in [2.75, 3.05) is 37.6 Å². The van der Waals surface area contributed by atoms with Gasteiger partial charge in [-0.25, -0.2) is 14.7 Å². The first-order chi connectivity index (χ1) is 18.0. The molecule has 2 aromatic heterocycles. The molecule has 0 bridgehead atoms. The summed E-state index contributed by atoms with van der Waals surface area (Å²) in [6.07, 6.45) is 2.55. The van der Waals surface area contributed by atoms with Crippen LogP contribution in [0.15, 0.2) is 59.8 Å². The van der Waals surface area contributed by atoms with E-state index in [9.17, 15) is 13.2 Å². The fraction of sp³-hybridized carbons (Fsp3) is 0.370. The van der Waals surface area contributed by atoms with Crippen LogP contribution >= 0.6 is 0 Å². The van der Waals surface area contributed by atoms with Gasteiger partial charge < -0.3 is 19.3 Å². The molecule has 1 unspecified atom stereocenters. The van der Waals surface area contributed by atoms with Gasteiger partial charge in [0.25, 0.3) is 15.9 Å². The quantitative estimate of drug-likeness (QED) is 0.454. The molecule has 1 amide bonds. The zero-order valence-electron chi connectivity index (χ0n) is 22.4. The van der Waals surface area contributed by atoms with E-state index in [0.717, 1.165) is 13.0 Å². The molecule has 1 aliphatic rings. The molecule has 202 valence electrons. The van der Waals surface area contributed by atoms with Gasteiger partial charge in [0.15, 0.2) is 5.03 Å². The maximum absolute atomic E-state index is 13.3. The van der Waals surface area contributed by atoms with E-state index in [4.69, 9.17) is 9.47 Å². The average Bonchev–Trinajstić information content (AvgIpc) is 3.19. The maximum Gasteiger partial charge on any atom is 0.281 e. The Hall–Kier alpha value is -3.86. The second kappa shape index (κ2) is 10.5. The fourth-order valence-electron chi connectivity index (χ4n) is 4.55. The van der Waals surface area contributed by atoms with Crippen LogP contribution in [0.25, 0.3) is 0 Å². The van der Waals surface area contributed by atoms with E-state index in [1.165, 1.54) is 6.07 Å². The molecule has 1 aromatic carbocycles. The number of rotatable bonds is 8. The van der Waals surface area contributed by atoms with Crippen molar-refractivity contribution >= 4 is 33.3 Å². The highest BCUT2D eigenvalue weighted by Gasteiger charge is 2.40. The van der Waals surface area contributed by atoms with E-state index in [-0.39, 0.29) is 16.1 Å². The second-order valence-electron chi connectivity index (χ2n) is 9.74. The number of amides is 1. The standard InChI is InChI=1S/C27H33N5O5S/c1-18-14-16-32(27(18,2)3)25-20(9-8-15-28-25)26(33)30-38(34,35)24-11-7-10-23(29-24)31(4)21-17-19(36-5)12-13-22(21)37-6/h7-13,15,17-18H,14,16H2,1-6H3,(H,30,33). The molecule has 3 heterocycles. The molecule has 0 aliphatic carbocycles. The molecule has 10 nitrogen and oxygen atoms in total. The molecule has 11 heteroatoms. The number of hydrogen-bond acceptors (Lipinski definition) is 9. The number of methoxy groups -OCH3 is 2. The first kappa shape index (κ1) is 27.2. The summed E-state index contributed by atoms with van der Waals surface area (Å²) in [6.45, 7) is 7.08. The fourth-order valence-corrected chi connectivity index (χ4v) is 5.48. The Balaban J connectivity index is 1.62. The summed E-state index contributed by atoms with van der Waals surface area (Å²) in [6, 6.07) is 13.0. The molecule has 0 spiro atoms. The van der Waals surface area contributed by atoms with Gasteiger partial charge in [-0.1, -0.05) is 13.0 Å². The number of ether oxygens (including phenoxy) is 2. The molecule has 4 rings (SSSR count). The van der Waals surface area contributed by atoms with Crippen LogP contribution in [0.4, 0.5) is 17.3 Å². The molecule has 1 fully saturated rings. The molecule has 1 N–H and O–H groups in total. The number of nitrogens with zero attached hydrogens (tertiary/aromatic N) is 4. The average molecular weight is 540 g/mol. The minimum absolute atomic E-state index is 0.188. The van der Waals surface area contributed by atoms with Crippen molar-refractivity contribution in [1.82, 2.24) is 14.7 Å². The van der Waals surface area contributed by atoms with Crippen molar-refractivity contribution < 1.29 is 22.7 Å². The topological polar surface area (TPSA) is 114 Å². The summed E-state index contributed by atoms with van der Waals surface area (Å²) in [7, 11) is 0.533. The van der Waals surface area contributed by atoms with Crippen LogP contribution in [0.1, 0.15) is 37.6 Å². The lowest BCUT2D eigenvalue weighted by Gasteiger charge is -2.36. The highest BCUT2D eigenvalue weighted by molar-refractivity contribution is 7.90. The molecule has 1 atom stereocenters. The third kappa shape index (κ3) is 5.10. The van der Waals surface area contributed by atoms with E-state index >= 15 is 0 Å². The Kier molecular flexibility index (Phi) is 7.50. The van der Waals surface area contributed by atoms with Crippen LogP contribution in [0.3, 0.4) is 0 Å². The third-order valence-corrected chi connectivity index (χ3v) is 8.51. The third-order valence-electron chi connectivity index (χ3n) is 7.28. The van der Waals surface area contributed by atoms with Crippen molar-refractivity contribution in [1.29, 1.82) is 0 Å². The Morgan fingerprint density at radius 3 is 2.55 bits per heavy atom. The largest absolute Gasteiger partial charge is 0.497 e. The van der Waals surface area contributed by atoms with Crippen LogP contribution < -0.4 is 24.0 Å². The zero-order valence-corrected chi connectivity index (χ0v) is 23.2. The summed E-state index contributed by atoms with van der Waals surface area (Å²) < 4.78 is 39.5. The van der Waals surface area contributed by atoms with Gasteiger partial charge >= 0.3 is 0 Å². The molecule has 1 saturated heterocycles. The van der Waals surface area contributed by atoms with Crippen molar-refractivity contribution in [3.8, 4) is 11.5 Å². The number of carbonyl (C=O) groups excluding carboxylic acids is 1. The Labute approximate surface area is 223 Å².